The minimum absolute atomic E-state index is 0.0810. The second kappa shape index (κ2) is 9.20. The maximum Gasteiger partial charge on any atom is 0.271 e. The van der Waals surface area contributed by atoms with Crippen LogP contribution in [-0.2, 0) is 6.54 Å². The molecular weight excluding hydrogens is 441 g/mol. The number of amides is 2. The smallest absolute Gasteiger partial charge is 0.271 e. The quantitative estimate of drug-likeness (QED) is 0.593. The number of carbonyl (C=O) groups excluding carboxylic acids is 2. The minimum Gasteiger partial charge on any atom is -0.465 e. The van der Waals surface area contributed by atoms with E-state index in [1.165, 1.54) is 29.5 Å². The molecule has 0 radical (unpaired) electrons. The van der Waals surface area contributed by atoms with Gasteiger partial charge in [-0.25, -0.2) is 9.37 Å². The van der Waals surface area contributed by atoms with E-state index in [0.717, 1.165) is 10.8 Å². The zero-order valence-corrected chi connectivity index (χ0v) is 18.4. The van der Waals surface area contributed by atoms with Crippen molar-refractivity contribution in [2.75, 3.05) is 13.1 Å². The summed E-state index contributed by atoms with van der Waals surface area (Å²) in [5, 5.41) is 5.54. The van der Waals surface area contributed by atoms with Gasteiger partial charge in [-0.2, -0.15) is 0 Å². The molecule has 2 aromatic heterocycles. The Morgan fingerprint density at radius 2 is 2.06 bits per heavy atom. The molecular formula is C22H21ClFN3O3S. The average molecular weight is 462 g/mol. The Balaban J connectivity index is 1.33. The molecule has 6 nitrogen and oxygen atoms in total. The lowest BCUT2D eigenvalue weighted by molar-refractivity contribution is 0.0708. The molecule has 9 heteroatoms. The van der Waals surface area contributed by atoms with Gasteiger partial charge < -0.3 is 14.6 Å². The third kappa shape index (κ3) is 4.80. The summed E-state index contributed by atoms with van der Waals surface area (Å²) in [6.07, 6.45) is 1.39. The van der Waals surface area contributed by atoms with Gasteiger partial charge in [0.15, 0.2) is 0 Å². The van der Waals surface area contributed by atoms with Crippen LogP contribution in [0.25, 0.3) is 0 Å². The van der Waals surface area contributed by atoms with Crippen molar-refractivity contribution in [1.82, 2.24) is 15.2 Å². The lowest BCUT2D eigenvalue weighted by Gasteiger charge is -2.31. The zero-order chi connectivity index (χ0) is 22.0. The first kappa shape index (κ1) is 21.5. The van der Waals surface area contributed by atoms with Gasteiger partial charge in [-0.3, -0.25) is 9.59 Å². The third-order valence-corrected chi connectivity index (χ3v) is 6.60. The summed E-state index contributed by atoms with van der Waals surface area (Å²) in [5.41, 5.74) is 0.294. The Morgan fingerprint density at radius 3 is 2.74 bits per heavy atom. The van der Waals surface area contributed by atoms with E-state index >= 15 is 0 Å². The standard InChI is InChI=1S/C22H21ClFN3O3S/c1-13-5-6-15(30-13)11-25-20(28)18-12-31-21(26-18)14-7-9-27(10-8-14)22(29)19-16(23)3-2-4-17(19)24/h2-6,12,14H,7-11H2,1H3,(H,25,28). The van der Waals surface area contributed by atoms with Gasteiger partial charge in [0, 0.05) is 24.4 Å². The van der Waals surface area contributed by atoms with Gasteiger partial charge in [-0.15, -0.1) is 11.3 Å². The fourth-order valence-electron chi connectivity index (χ4n) is 3.61. The summed E-state index contributed by atoms with van der Waals surface area (Å²) in [6, 6.07) is 7.90. The Labute approximate surface area is 188 Å². The maximum absolute atomic E-state index is 14.1. The molecule has 0 saturated carbocycles. The number of aryl methyl sites for hydroxylation is 1. The van der Waals surface area contributed by atoms with E-state index < -0.39 is 11.7 Å². The molecule has 162 valence electrons. The number of likely N-dealkylation sites (tertiary alicyclic amines) is 1. The monoisotopic (exact) mass is 461 g/mol. The second-order valence-corrected chi connectivity index (χ2v) is 8.73. The van der Waals surface area contributed by atoms with E-state index in [4.69, 9.17) is 16.0 Å². The van der Waals surface area contributed by atoms with Crippen molar-refractivity contribution in [3.05, 3.63) is 74.3 Å². The van der Waals surface area contributed by atoms with E-state index in [1.54, 1.807) is 10.3 Å². The van der Waals surface area contributed by atoms with Crippen LogP contribution in [0.4, 0.5) is 4.39 Å². The van der Waals surface area contributed by atoms with E-state index in [9.17, 15) is 14.0 Å². The van der Waals surface area contributed by atoms with Crippen LogP contribution in [0.2, 0.25) is 5.02 Å². The highest BCUT2D eigenvalue weighted by Crippen LogP contribution is 2.32. The molecule has 4 rings (SSSR count). The highest BCUT2D eigenvalue weighted by molar-refractivity contribution is 7.09. The number of halogens is 2. The first-order valence-corrected chi connectivity index (χ1v) is 11.2. The molecule has 31 heavy (non-hydrogen) atoms. The van der Waals surface area contributed by atoms with Crippen LogP contribution < -0.4 is 5.32 Å². The van der Waals surface area contributed by atoms with Crippen molar-refractivity contribution in [3.63, 3.8) is 0 Å². The van der Waals surface area contributed by atoms with Gasteiger partial charge in [0.1, 0.15) is 23.0 Å². The number of rotatable bonds is 5. The summed E-state index contributed by atoms with van der Waals surface area (Å²) in [4.78, 5) is 31.2. The van der Waals surface area contributed by atoms with Crippen molar-refractivity contribution in [2.24, 2.45) is 0 Å². The molecule has 1 fully saturated rings. The van der Waals surface area contributed by atoms with Gasteiger partial charge in [0.05, 0.1) is 22.1 Å². The predicted molar refractivity (Wildman–Crippen MR) is 116 cm³/mol. The Bertz CT molecular complexity index is 1080. The third-order valence-electron chi connectivity index (χ3n) is 5.28. The normalized spacial score (nSPS) is 14.6. The summed E-state index contributed by atoms with van der Waals surface area (Å²) >= 11 is 7.47. The highest BCUT2D eigenvalue weighted by Gasteiger charge is 2.29. The molecule has 0 atom stereocenters. The van der Waals surface area contributed by atoms with E-state index in [2.05, 4.69) is 10.3 Å². The first-order valence-electron chi connectivity index (χ1n) is 9.94. The number of carbonyl (C=O) groups is 2. The molecule has 1 N–H and O–H groups in total. The minimum atomic E-state index is -0.611. The molecule has 0 bridgehead atoms. The lowest BCUT2D eigenvalue weighted by Crippen LogP contribution is -2.38. The summed E-state index contributed by atoms with van der Waals surface area (Å²) in [5.74, 6) is 0.377. The van der Waals surface area contributed by atoms with E-state index in [1.807, 2.05) is 19.1 Å². The number of furan rings is 1. The van der Waals surface area contributed by atoms with Gasteiger partial charge in [0.25, 0.3) is 11.8 Å². The number of piperidine rings is 1. The number of nitrogens with zero attached hydrogens (tertiary/aromatic N) is 2. The largest absolute Gasteiger partial charge is 0.465 e. The van der Waals surface area contributed by atoms with Crippen LogP contribution in [0.15, 0.2) is 40.1 Å². The van der Waals surface area contributed by atoms with Crippen molar-refractivity contribution in [1.29, 1.82) is 0 Å². The number of thiazole rings is 1. The molecule has 1 aliphatic heterocycles. The van der Waals surface area contributed by atoms with E-state index in [0.29, 0.717) is 43.9 Å². The molecule has 0 aliphatic carbocycles. The van der Waals surface area contributed by atoms with Crippen LogP contribution in [-0.4, -0.2) is 34.8 Å². The van der Waals surface area contributed by atoms with Gasteiger partial charge in [-0.1, -0.05) is 17.7 Å². The van der Waals surface area contributed by atoms with Crippen LogP contribution in [0.3, 0.4) is 0 Å². The fourth-order valence-corrected chi connectivity index (χ4v) is 4.82. The maximum atomic E-state index is 14.1. The molecule has 0 unspecified atom stereocenters. The van der Waals surface area contributed by atoms with Gasteiger partial charge in [0.2, 0.25) is 0 Å². The summed E-state index contributed by atoms with van der Waals surface area (Å²) < 4.78 is 19.5. The van der Waals surface area contributed by atoms with Crippen molar-refractivity contribution >= 4 is 34.8 Å². The number of nitrogens with one attached hydrogen (secondary N) is 1. The SMILES string of the molecule is Cc1ccc(CNC(=O)c2csc(C3CCN(C(=O)c4c(F)cccc4Cl)CC3)n2)o1. The number of aromatic nitrogens is 1. The van der Waals surface area contributed by atoms with Crippen LogP contribution in [0.1, 0.15) is 56.1 Å². The highest BCUT2D eigenvalue weighted by atomic mass is 35.5. The zero-order valence-electron chi connectivity index (χ0n) is 16.9. The van der Waals surface area contributed by atoms with Crippen molar-refractivity contribution in [2.45, 2.75) is 32.2 Å². The fraction of sp³-hybridized carbons (Fsp3) is 0.318. The molecule has 3 aromatic rings. The summed E-state index contributed by atoms with van der Waals surface area (Å²) in [7, 11) is 0. The molecule has 1 aromatic carbocycles. The van der Waals surface area contributed by atoms with Crippen molar-refractivity contribution < 1.29 is 18.4 Å². The van der Waals surface area contributed by atoms with E-state index in [-0.39, 0.29) is 22.4 Å². The number of hydrogen-bond acceptors (Lipinski definition) is 5. The first-order chi connectivity index (χ1) is 14.9. The lowest BCUT2D eigenvalue weighted by atomic mass is 9.97. The van der Waals surface area contributed by atoms with Crippen molar-refractivity contribution in [3.8, 4) is 0 Å². The van der Waals surface area contributed by atoms with Crippen LogP contribution >= 0.6 is 22.9 Å². The Kier molecular flexibility index (Phi) is 6.38. The van der Waals surface area contributed by atoms with Gasteiger partial charge >= 0.3 is 0 Å². The van der Waals surface area contributed by atoms with Crippen LogP contribution in [0, 0.1) is 12.7 Å². The van der Waals surface area contributed by atoms with Gasteiger partial charge in [-0.05, 0) is 44.0 Å². The number of hydrogen-bond donors (Lipinski definition) is 1. The summed E-state index contributed by atoms with van der Waals surface area (Å²) in [6.45, 7) is 3.11. The Morgan fingerprint density at radius 1 is 1.29 bits per heavy atom. The Hall–Kier alpha value is -2.71. The topological polar surface area (TPSA) is 75.4 Å². The number of benzene rings is 1. The molecule has 1 aliphatic rings. The average Bonchev–Trinajstić information content (AvgIpc) is 3.41. The molecule has 3 heterocycles. The predicted octanol–water partition coefficient (Wildman–Crippen LogP) is 4.79. The van der Waals surface area contributed by atoms with Crippen LogP contribution in [0.5, 0.6) is 0 Å². The molecule has 1 saturated heterocycles. The molecule has 2 amide bonds. The molecule has 0 spiro atoms. The second-order valence-electron chi connectivity index (χ2n) is 7.43.